The molecule has 0 radical (unpaired) electrons. The highest BCUT2D eigenvalue weighted by molar-refractivity contribution is 5.86. The second-order valence-corrected chi connectivity index (χ2v) is 6.26. The van der Waals surface area contributed by atoms with Crippen molar-refractivity contribution in [3.8, 4) is 0 Å². The second kappa shape index (κ2) is 8.98. The first-order chi connectivity index (χ1) is 13.2. The summed E-state index contributed by atoms with van der Waals surface area (Å²) in [4.78, 5) is 13.2. The van der Waals surface area contributed by atoms with E-state index in [-0.39, 0.29) is 0 Å². The van der Waals surface area contributed by atoms with Gasteiger partial charge in [-0.05, 0) is 19.4 Å². The Balaban J connectivity index is 1.53. The van der Waals surface area contributed by atoms with E-state index in [0.29, 0.717) is 19.6 Å². The van der Waals surface area contributed by atoms with Crippen molar-refractivity contribution in [3.63, 3.8) is 0 Å². The number of aliphatic imine (C=N–C) groups is 1. The predicted octanol–water partition coefficient (Wildman–Crippen LogP) is 1.84. The van der Waals surface area contributed by atoms with Crippen molar-refractivity contribution in [2.24, 2.45) is 12.0 Å². The van der Waals surface area contributed by atoms with Gasteiger partial charge in [0.1, 0.15) is 12.1 Å². The van der Waals surface area contributed by atoms with Crippen LogP contribution < -0.4 is 16.0 Å². The van der Waals surface area contributed by atoms with Gasteiger partial charge in [-0.25, -0.2) is 15.0 Å². The third-order valence-corrected chi connectivity index (χ3v) is 4.12. The first kappa shape index (κ1) is 18.6. The van der Waals surface area contributed by atoms with Crippen molar-refractivity contribution in [3.05, 3.63) is 47.9 Å². The third-order valence-electron chi connectivity index (χ3n) is 4.12. The maximum atomic E-state index is 4.64. The van der Waals surface area contributed by atoms with Crippen LogP contribution in [0.2, 0.25) is 0 Å². The van der Waals surface area contributed by atoms with E-state index in [1.165, 1.54) is 11.1 Å². The first-order valence-corrected chi connectivity index (χ1v) is 9.11. The van der Waals surface area contributed by atoms with Crippen LogP contribution in [0.15, 0.2) is 41.8 Å². The zero-order chi connectivity index (χ0) is 19.1. The largest absolute Gasteiger partial charge is 0.368 e. The summed E-state index contributed by atoms with van der Waals surface area (Å²) in [5.74, 6) is 1.59. The lowest BCUT2D eigenvalue weighted by molar-refractivity contribution is 0.785. The van der Waals surface area contributed by atoms with E-state index in [1.807, 2.05) is 7.05 Å². The first-order valence-electron chi connectivity index (χ1n) is 9.11. The number of hydrogen-bond donors (Lipinski definition) is 3. The van der Waals surface area contributed by atoms with Crippen LogP contribution in [0, 0.1) is 6.92 Å². The second-order valence-electron chi connectivity index (χ2n) is 6.26. The molecule has 2 aromatic heterocycles. The van der Waals surface area contributed by atoms with Gasteiger partial charge in [0.2, 0.25) is 0 Å². The van der Waals surface area contributed by atoms with Crippen molar-refractivity contribution in [2.45, 2.75) is 20.4 Å². The van der Waals surface area contributed by atoms with Crippen molar-refractivity contribution in [1.82, 2.24) is 30.4 Å². The van der Waals surface area contributed by atoms with Crippen LogP contribution in [0.4, 0.5) is 5.82 Å². The molecule has 8 nitrogen and oxygen atoms in total. The van der Waals surface area contributed by atoms with E-state index in [9.17, 15) is 0 Å². The van der Waals surface area contributed by atoms with Gasteiger partial charge in [0.05, 0.1) is 18.1 Å². The summed E-state index contributed by atoms with van der Waals surface area (Å²) in [6.07, 6.45) is 3.32. The molecule has 0 bridgehead atoms. The standard InChI is InChI=1S/C19H26N8/c1-4-20-19(23-11-15-7-5-14(2)6-8-15)22-10-9-21-17-16-12-26-27(3)18(16)25-13-24-17/h5-8,12-13H,4,9-11H2,1-3H3,(H2,20,22,23)(H,21,24,25). The van der Waals surface area contributed by atoms with Crippen molar-refractivity contribution < 1.29 is 0 Å². The Morgan fingerprint density at radius 1 is 1.11 bits per heavy atom. The van der Waals surface area contributed by atoms with E-state index in [2.05, 4.69) is 74.1 Å². The fourth-order valence-corrected chi connectivity index (χ4v) is 2.67. The molecule has 0 spiro atoms. The molecular weight excluding hydrogens is 340 g/mol. The van der Waals surface area contributed by atoms with Gasteiger partial charge in [-0.1, -0.05) is 29.8 Å². The SMILES string of the molecule is CCNC(=NCc1ccc(C)cc1)NCCNc1ncnc2c1cnn2C. The highest BCUT2D eigenvalue weighted by atomic mass is 15.3. The van der Waals surface area contributed by atoms with Crippen molar-refractivity contribution >= 4 is 22.8 Å². The molecule has 0 saturated carbocycles. The average molecular weight is 366 g/mol. The molecule has 1 aromatic carbocycles. The zero-order valence-electron chi connectivity index (χ0n) is 16.0. The van der Waals surface area contributed by atoms with Crippen LogP contribution in [-0.2, 0) is 13.6 Å². The van der Waals surface area contributed by atoms with E-state index >= 15 is 0 Å². The van der Waals surface area contributed by atoms with Crippen LogP contribution in [0.1, 0.15) is 18.1 Å². The normalized spacial score (nSPS) is 11.6. The van der Waals surface area contributed by atoms with E-state index in [1.54, 1.807) is 17.2 Å². The summed E-state index contributed by atoms with van der Waals surface area (Å²) in [6, 6.07) is 8.43. The van der Waals surface area contributed by atoms with Gasteiger partial charge in [-0.15, -0.1) is 0 Å². The molecule has 0 amide bonds. The monoisotopic (exact) mass is 366 g/mol. The summed E-state index contributed by atoms with van der Waals surface area (Å²) < 4.78 is 1.74. The topological polar surface area (TPSA) is 92.1 Å². The van der Waals surface area contributed by atoms with E-state index in [0.717, 1.165) is 29.4 Å². The molecule has 2 heterocycles. The van der Waals surface area contributed by atoms with Crippen LogP contribution in [0.25, 0.3) is 11.0 Å². The predicted molar refractivity (Wildman–Crippen MR) is 109 cm³/mol. The van der Waals surface area contributed by atoms with Crippen LogP contribution in [0.3, 0.4) is 0 Å². The molecule has 0 fully saturated rings. The molecular formula is C19H26N8. The average Bonchev–Trinajstić information content (AvgIpc) is 3.06. The fourth-order valence-electron chi connectivity index (χ4n) is 2.67. The number of nitrogens with zero attached hydrogens (tertiary/aromatic N) is 5. The Bertz CT molecular complexity index is 898. The number of benzene rings is 1. The number of hydrogen-bond acceptors (Lipinski definition) is 5. The molecule has 142 valence electrons. The van der Waals surface area contributed by atoms with Crippen molar-refractivity contribution in [1.29, 1.82) is 0 Å². The van der Waals surface area contributed by atoms with Crippen LogP contribution in [-0.4, -0.2) is 45.3 Å². The quantitative estimate of drug-likeness (QED) is 0.336. The van der Waals surface area contributed by atoms with Crippen LogP contribution in [0.5, 0.6) is 0 Å². The molecule has 3 N–H and O–H groups in total. The smallest absolute Gasteiger partial charge is 0.191 e. The summed E-state index contributed by atoms with van der Waals surface area (Å²) in [7, 11) is 1.87. The van der Waals surface area contributed by atoms with Gasteiger partial charge in [-0.2, -0.15) is 5.10 Å². The number of anilines is 1. The lowest BCUT2D eigenvalue weighted by Gasteiger charge is -2.12. The molecule has 0 aliphatic heterocycles. The molecule has 3 aromatic rings. The molecule has 0 atom stereocenters. The van der Waals surface area contributed by atoms with Gasteiger partial charge in [0.25, 0.3) is 0 Å². The number of nitrogens with one attached hydrogen (secondary N) is 3. The van der Waals surface area contributed by atoms with Gasteiger partial charge >= 0.3 is 0 Å². The number of aromatic nitrogens is 4. The highest BCUT2D eigenvalue weighted by Gasteiger charge is 2.07. The van der Waals surface area contributed by atoms with E-state index < -0.39 is 0 Å². The van der Waals surface area contributed by atoms with Crippen LogP contribution >= 0.6 is 0 Å². The lowest BCUT2D eigenvalue weighted by Crippen LogP contribution is -2.39. The zero-order valence-corrected chi connectivity index (χ0v) is 16.0. The molecule has 0 aliphatic carbocycles. The maximum absolute atomic E-state index is 4.64. The molecule has 3 rings (SSSR count). The molecule has 0 aliphatic rings. The molecule has 0 saturated heterocycles. The van der Waals surface area contributed by atoms with Gasteiger partial charge < -0.3 is 16.0 Å². The minimum atomic E-state index is 0.644. The van der Waals surface area contributed by atoms with Gasteiger partial charge in [0, 0.05) is 26.7 Å². The minimum Gasteiger partial charge on any atom is -0.368 e. The summed E-state index contributed by atoms with van der Waals surface area (Å²) in [5.41, 5.74) is 3.26. The van der Waals surface area contributed by atoms with E-state index in [4.69, 9.17) is 0 Å². The van der Waals surface area contributed by atoms with Crippen molar-refractivity contribution in [2.75, 3.05) is 25.0 Å². The fraction of sp³-hybridized carbons (Fsp3) is 0.368. The summed E-state index contributed by atoms with van der Waals surface area (Å²) in [5, 5.41) is 15.1. The Morgan fingerprint density at radius 3 is 2.70 bits per heavy atom. The number of guanidine groups is 1. The highest BCUT2D eigenvalue weighted by Crippen LogP contribution is 2.17. The summed E-state index contributed by atoms with van der Waals surface area (Å²) >= 11 is 0. The summed E-state index contributed by atoms with van der Waals surface area (Å²) in [6.45, 7) is 7.02. The maximum Gasteiger partial charge on any atom is 0.191 e. The Kier molecular flexibility index (Phi) is 6.19. The number of fused-ring (bicyclic) bond motifs is 1. The lowest BCUT2D eigenvalue weighted by atomic mass is 10.1. The number of rotatable bonds is 7. The third kappa shape index (κ3) is 4.93. The number of aryl methyl sites for hydroxylation is 2. The Labute approximate surface area is 159 Å². The molecule has 27 heavy (non-hydrogen) atoms. The van der Waals surface area contributed by atoms with Gasteiger partial charge in [0.15, 0.2) is 11.6 Å². The molecule has 8 heteroatoms. The Morgan fingerprint density at radius 2 is 1.93 bits per heavy atom. The van der Waals surface area contributed by atoms with Gasteiger partial charge in [-0.3, -0.25) is 4.68 Å². The molecule has 0 unspecified atom stereocenters. The minimum absolute atomic E-state index is 0.644. The Hall–Kier alpha value is -3.16.